The first-order valence-electron chi connectivity index (χ1n) is 7.62. The molecule has 116 valence electrons. The molecule has 2 amide bonds. The van der Waals surface area contributed by atoms with Crippen LogP contribution in [0.1, 0.15) is 6.42 Å². The van der Waals surface area contributed by atoms with E-state index in [1.54, 1.807) is 0 Å². The second-order valence-corrected chi connectivity index (χ2v) is 5.59. The fraction of sp³-hybridized carbons (Fsp3) is 0.222. The van der Waals surface area contributed by atoms with Crippen LogP contribution in [0.25, 0.3) is 11.1 Å². The molecule has 0 aliphatic carbocycles. The Hall–Kier alpha value is -2.82. The molecule has 1 aliphatic heterocycles. The number of pyridine rings is 2. The highest BCUT2D eigenvalue weighted by Gasteiger charge is 2.22. The van der Waals surface area contributed by atoms with Gasteiger partial charge >= 0.3 is 0 Å². The molecule has 5 nitrogen and oxygen atoms in total. The first-order chi connectivity index (χ1) is 11.1. The van der Waals surface area contributed by atoms with Gasteiger partial charge in [0.05, 0.1) is 0 Å². The Bertz CT molecular complexity index is 731. The predicted molar refractivity (Wildman–Crippen MR) is 83.7 cm³/mol. The first-order valence-corrected chi connectivity index (χ1v) is 7.62. The predicted octanol–water partition coefficient (Wildman–Crippen LogP) is 0.781. The molecule has 2 aromatic rings. The summed E-state index contributed by atoms with van der Waals surface area (Å²) in [7, 11) is 1.99. The third-order valence-electron chi connectivity index (χ3n) is 3.90. The Morgan fingerprint density at radius 1 is 0.870 bits per heavy atom. The molecule has 0 bridgehead atoms. The normalized spacial score (nSPS) is 13.9. The van der Waals surface area contributed by atoms with E-state index in [1.165, 1.54) is 22.6 Å². The van der Waals surface area contributed by atoms with E-state index in [4.69, 9.17) is 0 Å². The highest BCUT2D eigenvalue weighted by Crippen LogP contribution is 2.15. The molecular weight excluding hydrogens is 290 g/mol. The highest BCUT2D eigenvalue weighted by molar-refractivity contribution is 6.12. The van der Waals surface area contributed by atoms with Gasteiger partial charge in [-0.1, -0.05) is 0 Å². The van der Waals surface area contributed by atoms with Crippen molar-refractivity contribution in [3.8, 4) is 11.1 Å². The SMILES string of the molecule is C[n+]1ccc(-c2cc[n+](CCCN3C(=O)C=CC3=O)cc2)cc1. The molecule has 0 N–H and O–H groups in total. The number of aryl methyl sites for hydroxylation is 2. The van der Waals surface area contributed by atoms with E-state index in [1.807, 2.05) is 36.4 Å². The maximum Gasteiger partial charge on any atom is 0.253 e. The van der Waals surface area contributed by atoms with Crippen LogP contribution in [-0.4, -0.2) is 23.3 Å². The minimum Gasteiger partial charge on any atom is -0.275 e. The van der Waals surface area contributed by atoms with Crippen molar-refractivity contribution in [2.24, 2.45) is 7.05 Å². The van der Waals surface area contributed by atoms with Gasteiger partial charge in [-0.3, -0.25) is 14.5 Å². The standard InChI is InChI=1S/C18H19N3O2/c1-19-11-5-15(6-12-19)16-7-13-20(14-8-16)9-2-10-21-17(22)3-4-18(21)23/h3-8,11-14H,2,9-10H2,1H3/q+2. The van der Waals surface area contributed by atoms with Crippen molar-refractivity contribution in [2.45, 2.75) is 13.0 Å². The van der Waals surface area contributed by atoms with Crippen LogP contribution in [0.3, 0.4) is 0 Å². The molecular formula is C18H19N3O2+2. The summed E-state index contributed by atoms with van der Waals surface area (Å²) < 4.78 is 4.06. The summed E-state index contributed by atoms with van der Waals surface area (Å²) in [4.78, 5) is 24.2. The number of aromatic nitrogens is 2. The van der Waals surface area contributed by atoms with Crippen molar-refractivity contribution in [3.63, 3.8) is 0 Å². The summed E-state index contributed by atoms with van der Waals surface area (Å²) in [6.07, 6.45) is 11.5. The molecule has 3 heterocycles. The molecule has 0 aromatic carbocycles. The van der Waals surface area contributed by atoms with Crippen LogP contribution in [0, 0.1) is 0 Å². The van der Waals surface area contributed by atoms with Crippen LogP contribution in [0.15, 0.2) is 61.2 Å². The van der Waals surface area contributed by atoms with Crippen molar-refractivity contribution >= 4 is 11.8 Å². The van der Waals surface area contributed by atoms with Gasteiger partial charge < -0.3 is 0 Å². The van der Waals surface area contributed by atoms with Gasteiger partial charge in [-0.25, -0.2) is 9.13 Å². The zero-order chi connectivity index (χ0) is 16.2. The van der Waals surface area contributed by atoms with E-state index in [0.29, 0.717) is 6.54 Å². The van der Waals surface area contributed by atoms with Crippen molar-refractivity contribution in [3.05, 3.63) is 61.2 Å². The average molecular weight is 309 g/mol. The Kier molecular flexibility index (Phi) is 4.28. The van der Waals surface area contributed by atoms with E-state index >= 15 is 0 Å². The molecule has 0 spiro atoms. The second-order valence-electron chi connectivity index (χ2n) is 5.59. The molecule has 0 saturated heterocycles. The molecule has 23 heavy (non-hydrogen) atoms. The number of hydrogen-bond donors (Lipinski definition) is 0. The van der Waals surface area contributed by atoms with Crippen molar-refractivity contribution in [2.75, 3.05) is 6.54 Å². The molecule has 3 rings (SSSR count). The molecule has 0 atom stereocenters. The molecule has 2 aromatic heterocycles. The van der Waals surface area contributed by atoms with Crippen molar-refractivity contribution in [1.29, 1.82) is 0 Å². The third-order valence-corrected chi connectivity index (χ3v) is 3.90. The number of rotatable bonds is 5. The molecule has 0 saturated carbocycles. The number of carbonyl (C=O) groups excluding carboxylic acids is 2. The van der Waals surface area contributed by atoms with E-state index in [-0.39, 0.29) is 11.8 Å². The lowest BCUT2D eigenvalue weighted by Gasteiger charge is -2.11. The van der Waals surface area contributed by atoms with Gasteiger partial charge in [0.2, 0.25) is 0 Å². The van der Waals surface area contributed by atoms with Gasteiger partial charge in [0.25, 0.3) is 11.8 Å². The average Bonchev–Trinajstić information content (AvgIpc) is 2.88. The Balaban J connectivity index is 1.56. The number of hydrogen-bond acceptors (Lipinski definition) is 2. The van der Waals surface area contributed by atoms with E-state index < -0.39 is 0 Å². The minimum absolute atomic E-state index is 0.215. The monoisotopic (exact) mass is 309 g/mol. The molecule has 5 heteroatoms. The number of nitrogens with zero attached hydrogens (tertiary/aromatic N) is 3. The molecule has 0 radical (unpaired) electrons. The van der Waals surface area contributed by atoms with Gasteiger partial charge in [-0.05, 0) is 11.1 Å². The Morgan fingerprint density at radius 2 is 1.39 bits per heavy atom. The molecule has 0 fully saturated rings. The molecule has 1 aliphatic rings. The second kappa shape index (κ2) is 6.52. The lowest BCUT2D eigenvalue weighted by molar-refractivity contribution is -0.697. The summed E-state index contributed by atoms with van der Waals surface area (Å²) in [5.41, 5.74) is 2.34. The lowest BCUT2D eigenvalue weighted by Crippen LogP contribution is -2.37. The topological polar surface area (TPSA) is 45.1 Å². The van der Waals surface area contributed by atoms with Gasteiger partial charge in [0, 0.05) is 49.4 Å². The number of imide groups is 1. The summed E-state index contributed by atoms with van der Waals surface area (Å²) in [6, 6.07) is 8.31. The first kappa shape index (κ1) is 15.1. The summed E-state index contributed by atoms with van der Waals surface area (Å²) in [5.74, 6) is -0.430. The van der Waals surface area contributed by atoms with Crippen LogP contribution in [0.4, 0.5) is 0 Å². The van der Waals surface area contributed by atoms with Crippen LogP contribution >= 0.6 is 0 Å². The maximum atomic E-state index is 11.5. The van der Waals surface area contributed by atoms with Crippen LogP contribution in [-0.2, 0) is 23.2 Å². The fourth-order valence-corrected chi connectivity index (χ4v) is 2.56. The van der Waals surface area contributed by atoms with Crippen LogP contribution < -0.4 is 9.13 Å². The van der Waals surface area contributed by atoms with E-state index in [2.05, 4.69) is 28.8 Å². The zero-order valence-corrected chi connectivity index (χ0v) is 13.1. The summed E-state index contributed by atoms with van der Waals surface area (Å²) >= 11 is 0. The quantitative estimate of drug-likeness (QED) is 0.605. The fourth-order valence-electron chi connectivity index (χ4n) is 2.56. The summed E-state index contributed by atoms with van der Waals surface area (Å²) in [6.45, 7) is 1.22. The van der Waals surface area contributed by atoms with Gasteiger partial charge in [-0.2, -0.15) is 0 Å². The maximum absolute atomic E-state index is 11.5. The lowest BCUT2D eigenvalue weighted by atomic mass is 10.1. The van der Waals surface area contributed by atoms with Gasteiger partial charge in [0.15, 0.2) is 24.8 Å². The van der Waals surface area contributed by atoms with Crippen LogP contribution in [0.5, 0.6) is 0 Å². The summed E-state index contributed by atoms with van der Waals surface area (Å²) in [5, 5.41) is 0. The number of amides is 2. The Labute approximate surface area is 135 Å². The smallest absolute Gasteiger partial charge is 0.253 e. The van der Waals surface area contributed by atoms with Crippen LogP contribution in [0.2, 0.25) is 0 Å². The zero-order valence-electron chi connectivity index (χ0n) is 13.1. The largest absolute Gasteiger partial charge is 0.275 e. The van der Waals surface area contributed by atoms with Gasteiger partial charge in [0.1, 0.15) is 13.6 Å². The van der Waals surface area contributed by atoms with Crippen molar-refractivity contribution in [1.82, 2.24) is 4.90 Å². The van der Waals surface area contributed by atoms with E-state index in [9.17, 15) is 9.59 Å². The minimum atomic E-state index is -0.215. The Morgan fingerprint density at radius 3 is 1.96 bits per heavy atom. The van der Waals surface area contributed by atoms with Crippen molar-refractivity contribution < 1.29 is 18.7 Å². The highest BCUT2D eigenvalue weighted by atomic mass is 16.2. The van der Waals surface area contributed by atoms with Gasteiger partial charge in [-0.15, -0.1) is 0 Å². The molecule has 0 unspecified atom stereocenters. The number of carbonyl (C=O) groups is 2. The third kappa shape index (κ3) is 3.51. The van der Waals surface area contributed by atoms with E-state index in [0.717, 1.165) is 18.5 Å².